The molecule has 13 fully saturated rings. The first-order chi connectivity index (χ1) is 47.6. The summed E-state index contributed by atoms with van der Waals surface area (Å²) in [6.07, 6.45) is -26.3. The SMILES string of the molecule is C=C1C[C@@]23CCC4[C@@](C)(CCC[C@@]4(C)C(=O)O)C2CC[C@]1(OC1OC(CO)C(O)C(O)C1OC1OC(CO)C(O)C(O)C1O)C3.C=C1C[C@@]23CCC4[C@@](C)(CCC[C@@]4(C)C(=O)OC4OC(CO)C(O)C(O)C4O)C2CC[C@]1(OC1OC(CO)C(O)C(O)C1OC1OC(CO)C(O)C(O)C1O)C3. The zero-order valence-corrected chi connectivity index (χ0v) is 57.8. The van der Waals surface area contributed by atoms with Crippen LogP contribution in [0.2, 0.25) is 0 Å². The van der Waals surface area contributed by atoms with Crippen molar-refractivity contribution < 1.29 is 154 Å². The van der Waals surface area contributed by atoms with Crippen molar-refractivity contribution >= 4 is 11.9 Å². The van der Waals surface area contributed by atoms with Crippen LogP contribution in [0.1, 0.15) is 143 Å². The van der Waals surface area contributed by atoms with E-state index in [0.717, 1.165) is 56.1 Å². The van der Waals surface area contributed by atoms with Gasteiger partial charge in [-0.15, -0.1) is 0 Å². The number of aliphatic hydroxyl groups is 18. The molecule has 0 aromatic carbocycles. The highest BCUT2D eigenvalue weighted by Crippen LogP contribution is 2.76. The minimum Gasteiger partial charge on any atom is -0.481 e. The minimum absolute atomic E-state index is 0.0640. The van der Waals surface area contributed by atoms with Gasteiger partial charge in [-0.25, -0.2) is 0 Å². The number of hydrogen-bond acceptors (Lipinski definition) is 30. The molecule has 0 amide bonds. The lowest BCUT2D eigenvalue weighted by Gasteiger charge is -2.64. The van der Waals surface area contributed by atoms with Crippen molar-refractivity contribution in [3.8, 4) is 0 Å². The second-order valence-electron chi connectivity index (χ2n) is 33.2. The number of hydrogen-bond donors (Lipinski definition) is 19. The molecule has 0 aromatic heterocycles. The van der Waals surface area contributed by atoms with Crippen LogP contribution in [0.5, 0.6) is 0 Å². The summed E-state index contributed by atoms with van der Waals surface area (Å²) in [6.45, 7) is 13.8. The Morgan fingerprint density at radius 3 is 1.08 bits per heavy atom. The summed E-state index contributed by atoms with van der Waals surface area (Å²) < 4.78 is 59.7. The summed E-state index contributed by atoms with van der Waals surface area (Å²) in [7, 11) is 0. The number of esters is 1. The molecule has 31 heteroatoms. The fourth-order valence-electron chi connectivity index (χ4n) is 22.6. The molecule has 37 atom stereocenters. The molecule has 576 valence electrons. The summed E-state index contributed by atoms with van der Waals surface area (Å²) in [5.74, 6) is -0.983. The molecule has 101 heavy (non-hydrogen) atoms. The lowest BCUT2D eigenvalue weighted by atomic mass is 9.41. The van der Waals surface area contributed by atoms with Crippen LogP contribution in [0.15, 0.2) is 24.3 Å². The van der Waals surface area contributed by atoms with Gasteiger partial charge in [0.1, 0.15) is 122 Å². The number of aliphatic hydroxyl groups excluding tert-OH is 18. The highest BCUT2D eigenvalue weighted by atomic mass is 16.8. The maximum atomic E-state index is 14.1. The first-order valence-electron chi connectivity index (χ1n) is 36.2. The fraction of sp³-hybridized carbons (Fsp3) is 0.914. The Morgan fingerprint density at radius 1 is 0.396 bits per heavy atom. The number of fused-ring (bicyclic) bond motifs is 6. The first kappa shape index (κ1) is 77.9. The lowest BCUT2D eigenvalue weighted by Crippen LogP contribution is -2.65. The van der Waals surface area contributed by atoms with E-state index in [1.54, 1.807) is 0 Å². The van der Waals surface area contributed by atoms with E-state index < -0.39 is 221 Å². The highest BCUT2D eigenvalue weighted by Gasteiger charge is 2.72. The molecule has 31 nitrogen and oxygen atoms in total. The lowest BCUT2D eigenvalue weighted by molar-refractivity contribution is -0.378. The molecule has 19 N–H and O–H groups in total. The van der Waals surface area contributed by atoms with E-state index >= 15 is 0 Å². The van der Waals surface area contributed by atoms with Crippen molar-refractivity contribution in [2.75, 3.05) is 33.0 Å². The Balaban J connectivity index is 0.000000196. The Morgan fingerprint density at radius 2 is 0.713 bits per heavy atom. The van der Waals surface area contributed by atoms with E-state index in [-0.39, 0.29) is 45.3 Å². The summed E-state index contributed by atoms with van der Waals surface area (Å²) in [5.41, 5.74) is -2.90. The summed E-state index contributed by atoms with van der Waals surface area (Å²) in [6, 6.07) is 0. The Kier molecular flexibility index (Phi) is 22.2. The fourth-order valence-corrected chi connectivity index (χ4v) is 22.6. The van der Waals surface area contributed by atoms with Crippen molar-refractivity contribution in [1.82, 2.24) is 0 Å². The molecule has 5 heterocycles. The number of carboxylic acid groups (broad SMARTS) is 1. The molecular weight excluding hydrogens is 1340 g/mol. The maximum absolute atomic E-state index is 14.1. The third-order valence-electron chi connectivity index (χ3n) is 27.9. The van der Waals surface area contributed by atoms with E-state index in [1.807, 2.05) is 13.8 Å². The number of carboxylic acids is 1. The average molecular weight is 1450 g/mol. The molecule has 0 aromatic rings. The monoisotopic (exact) mass is 1450 g/mol. The van der Waals surface area contributed by atoms with Crippen LogP contribution in [-0.2, 0) is 57.0 Å². The van der Waals surface area contributed by atoms with Crippen LogP contribution < -0.4 is 0 Å². The number of ether oxygens (including phenoxy) is 10. The molecule has 5 saturated heterocycles. The van der Waals surface area contributed by atoms with Crippen LogP contribution >= 0.6 is 0 Å². The number of carbonyl (C=O) groups is 2. The third kappa shape index (κ3) is 12.8. The first-order valence-corrected chi connectivity index (χ1v) is 36.2. The number of carbonyl (C=O) groups excluding carboxylic acids is 1. The molecule has 2 spiro atoms. The molecule has 4 bridgehead atoms. The van der Waals surface area contributed by atoms with Crippen LogP contribution in [0.25, 0.3) is 0 Å². The predicted octanol–water partition coefficient (Wildman–Crippen LogP) is -3.13. The van der Waals surface area contributed by atoms with E-state index in [9.17, 15) is 107 Å². The third-order valence-corrected chi connectivity index (χ3v) is 27.9. The van der Waals surface area contributed by atoms with Gasteiger partial charge >= 0.3 is 11.9 Å². The van der Waals surface area contributed by atoms with E-state index in [1.165, 1.54) is 0 Å². The Hall–Kier alpha value is -2.66. The van der Waals surface area contributed by atoms with Crippen LogP contribution in [0, 0.1) is 56.2 Å². The molecule has 29 unspecified atom stereocenters. The topological polar surface area (TPSA) is 511 Å². The summed E-state index contributed by atoms with van der Waals surface area (Å²) >= 11 is 0. The van der Waals surface area contributed by atoms with Gasteiger partial charge in [-0.1, -0.05) is 39.8 Å². The van der Waals surface area contributed by atoms with E-state index in [2.05, 4.69) is 27.0 Å². The van der Waals surface area contributed by atoms with Gasteiger partial charge in [-0.2, -0.15) is 0 Å². The van der Waals surface area contributed by atoms with Gasteiger partial charge in [0.15, 0.2) is 25.2 Å². The summed E-state index contributed by atoms with van der Waals surface area (Å²) in [4.78, 5) is 26.6. The standard InChI is InChI=1S/C38H60O18.C32H50O13/c1-16-11-37-9-5-20-35(2,7-4-8-36(20,3)34(50)55-32-29(49)26(46)23(43)18(13-40)52-32)21(37)6-10-38(16,15-37)56-33-30(27(47)24(44)19(14-41)53-33)54-31-28(48)25(45)22(42)17(12-39)51-31;1-15-11-31-9-5-18-29(2,7-4-8-30(18,3)28(40)41)19(31)6-10-32(15,14-31)45-27-25(23(38)21(36)17(13-34)43-27)44-26-24(39)22(37)20(35)16(12-33)42-26/h17-33,39-49H,1,4-15H2,2-3H3;16-27,33-39H,1,4-14H2,2-3H3,(H,40,41)/t17?,18?,19?,20?,21?,22?,23?,24?,25?,26?,27?,28?,29?,30?,31?,32?,33?,35-,36-,37-,38+;16?,17?,18?,19?,20?,21?,22?,23?,24?,25?,26?,27?,29-,30-,31-,32+/m11/s1. The molecule has 13 aliphatic rings. The van der Waals surface area contributed by atoms with Crippen LogP contribution in [-0.4, -0.2) is 307 Å². The smallest absolute Gasteiger partial charge is 0.314 e. The van der Waals surface area contributed by atoms with Gasteiger partial charge in [-0.05, 0) is 173 Å². The van der Waals surface area contributed by atoms with Gasteiger partial charge in [0.05, 0.1) is 55.1 Å². The predicted molar refractivity (Wildman–Crippen MR) is 341 cm³/mol. The average Bonchev–Trinajstić information content (AvgIpc) is 1.61. The molecular formula is C70H110O31. The van der Waals surface area contributed by atoms with Gasteiger partial charge in [0.2, 0.25) is 6.29 Å². The highest BCUT2D eigenvalue weighted by molar-refractivity contribution is 5.77. The number of rotatable bonds is 16. The van der Waals surface area contributed by atoms with Gasteiger partial charge in [0.25, 0.3) is 0 Å². The molecule has 13 rings (SSSR count). The molecule has 8 aliphatic carbocycles. The van der Waals surface area contributed by atoms with E-state index in [4.69, 9.17) is 47.4 Å². The van der Waals surface area contributed by atoms with Crippen molar-refractivity contribution in [2.24, 2.45) is 56.2 Å². The number of aliphatic carboxylic acids is 1. The quantitative estimate of drug-likeness (QED) is 0.0413. The van der Waals surface area contributed by atoms with Crippen molar-refractivity contribution in [1.29, 1.82) is 0 Å². The van der Waals surface area contributed by atoms with Crippen LogP contribution in [0.3, 0.4) is 0 Å². The zero-order valence-electron chi connectivity index (χ0n) is 57.8. The molecule has 0 radical (unpaired) electrons. The maximum Gasteiger partial charge on any atom is 0.314 e. The van der Waals surface area contributed by atoms with Crippen LogP contribution in [0.4, 0.5) is 0 Å². The molecule has 5 aliphatic heterocycles. The molecule has 8 saturated carbocycles. The zero-order chi connectivity index (χ0) is 73.4. The Bertz CT molecular complexity index is 2980. The van der Waals surface area contributed by atoms with Crippen molar-refractivity contribution in [2.45, 2.75) is 308 Å². The Labute approximate surface area is 585 Å². The normalized spacial score (nSPS) is 54.7. The van der Waals surface area contributed by atoms with Gasteiger partial charge < -0.3 is 144 Å². The largest absolute Gasteiger partial charge is 0.481 e. The van der Waals surface area contributed by atoms with Crippen molar-refractivity contribution in [3.05, 3.63) is 24.3 Å². The second kappa shape index (κ2) is 28.7. The van der Waals surface area contributed by atoms with E-state index in [0.29, 0.717) is 70.6 Å². The van der Waals surface area contributed by atoms with Crippen molar-refractivity contribution in [3.63, 3.8) is 0 Å². The van der Waals surface area contributed by atoms with Gasteiger partial charge in [-0.3, -0.25) is 9.59 Å². The minimum atomic E-state index is -1.81. The summed E-state index contributed by atoms with van der Waals surface area (Å²) in [5, 5.41) is 197. The second-order valence-corrected chi connectivity index (χ2v) is 33.2. The van der Waals surface area contributed by atoms with Gasteiger partial charge in [0, 0.05) is 0 Å².